The van der Waals surface area contributed by atoms with E-state index >= 15 is 0 Å². The van der Waals surface area contributed by atoms with E-state index < -0.39 is 0 Å². The first-order valence-electron chi connectivity index (χ1n) is 2.41. The molecule has 0 spiro atoms. The van der Waals surface area contributed by atoms with Gasteiger partial charge < -0.3 is 0 Å². The van der Waals surface area contributed by atoms with Gasteiger partial charge in [-0.05, 0) is 0 Å². The van der Waals surface area contributed by atoms with Crippen molar-refractivity contribution in [2.24, 2.45) is 5.84 Å². The Bertz CT molecular complexity index is 162. The molecule has 0 aliphatic rings. The molecule has 0 aliphatic carbocycles. The van der Waals surface area contributed by atoms with Crippen LogP contribution in [0.2, 0.25) is 0 Å². The first-order valence-corrected chi connectivity index (χ1v) is 2.41. The monoisotopic (exact) mass is 125 g/mol. The summed E-state index contributed by atoms with van der Waals surface area (Å²) in [5.74, 6) is 5.58. The minimum absolute atomic E-state index is 0.646. The number of hydrazine groups is 2. The van der Waals surface area contributed by atoms with Crippen molar-refractivity contribution in [3.63, 3.8) is 0 Å². The van der Waals surface area contributed by atoms with Gasteiger partial charge in [0.05, 0.1) is 0 Å². The predicted molar refractivity (Wildman–Crippen MR) is 33.0 cm³/mol. The molecule has 4 N–H and O–H groups in total. The molecule has 0 fully saturated rings. The largest absolute Gasteiger partial charge is 0.292 e. The van der Waals surface area contributed by atoms with Crippen LogP contribution in [0, 0.1) is 0 Å². The molecule has 5 heteroatoms. The molecule has 0 unspecified atom stereocenters. The van der Waals surface area contributed by atoms with Crippen molar-refractivity contribution in [2.45, 2.75) is 0 Å². The van der Waals surface area contributed by atoms with Crippen LogP contribution < -0.4 is 16.8 Å². The fourth-order valence-electron chi connectivity index (χ4n) is 0.439. The first kappa shape index (κ1) is 5.93. The van der Waals surface area contributed by atoms with Crippen LogP contribution in [-0.2, 0) is 0 Å². The van der Waals surface area contributed by atoms with Crippen LogP contribution in [-0.4, -0.2) is 9.97 Å². The number of hydrogen-bond acceptors (Lipinski definition) is 5. The lowest BCUT2D eigenvalue weighted by molar-refractivity contribution is 0.862. The highest BCUT2D eigenvalue weighted by Crippen LogP contribution is 1.92. The Morgan fingerprint density at radius 1 is 1.56 bits per heavy atom. The second-order valence-corrected chi connectivity index (χ2v) is 1.36. The molecule has 1 aromatic rings. The smallest absolute Gasteiger partial charge is 0.144 e. The maximum Gasteiger partial charge on any atom is 0.144 e. The first-order chi connectivity index (χ1) is 4.43. The lowest BCUT2D eigenvalue weighted by Crippen LogP contribution is -2.29. The van der Waals surface area contributed by atoms with E-state index in [0.717, 1.165) is 0 Å². The maximum atomic E-state index is 4.94. The third kappa shape index (κ3) is 1.63. The SMILES string of the molecule is NNNc1ccncn1. The topological polar surface area (TPSA) is 75.9 Å². The Morgan fingerprint density at radius 2 is 2.44 bits per heavy atom. The molecule has 0 bridgehead atoms. The van der Waals surface area contributed by atoms with Crippen molar-refractivity contribution in [3.8, 4) is 0 Å². The van der Waals surface area contributed by atoms with Crippen molar-refractivity contribution in [1.82, 2.24) is 15.5 Å². The second-order valence-electron chi connectivity index (χ2n) is 1.36. The number of rotatable bonds is 2. The van der Waals surface area contributed by atoms with Crippen LogP contribution in [0.5, 0.6) is 0 Å². The Labute approximate surface area is 52.3 Å². The van der Waals surface area contributed by atoms with Gasteiger partial charge in [0.2, 0.25) is 0 Å². The summed E-state index contributed by atoms with van der Waals surface area (Å²) in [7, 11) is 0. The van der Waals surface area contributed by atoms with Crippen molar-refractivity contribution < 1.29 is 0 Å². The zero-order valence-electron chi connectivity index (χ0n) is 4.70. The highest BCUT2D eigenvalue weighted by molar-refractivity contribution is 5.29. The van der Waals surface area contributed by atoms with Gasteiger partial charge >= 0.3 is 0 Å². The van der Waals surface area contributed by atoms with Crippen molar-refractivity contribution in [1.29, 1.82) is 0 Å². The van der Waals surface area contributed by atoms with Crippen LogP contribution >= 0.6 is 0 Å². The number of nitrogens with one attached hydrogen (secondary N) is 2. The molecule has 1 heterocycles. The Kier molecular flexibility index (Phi) is 1.95. The van der Waals surface area contributed by atoms with E-state index in [1.807, 2.05) is 0 Å². The van der Waals surface area contributed by atoms with Crippen LogP contribution in [0.4, 0.5) is 5.82 Å². The Morgan fingerprint density at radius 3 is 3.00 bits per heavy atom. The fourth-order valence-corrected chi connectivity index (χ4v) is 0.439. The number of aromatic nitrogens is 2. The van der Waals surface area contributed by atoms with E-state index in [1.54, 1.807) is 12.3 Å². The van der Waals surface area contributed by atoms with Crippen LogP contribution in [0.15, 0.2) is 18.6 Å². The summed E-state index contributed by atoms with van der Waals surface area (Å²) in [6.45, 7) is 0. The van der Waals surface area contributed by atoms with Crippen LogP contribution in [0.3, 0.4) is 0 Å². The molecule has 5 nitrogen and oxygen atoms in total. The van der Waals surface area contributed by atoms with Crippen molar-refractivity contribution in [3.05, 3.63) is 18.6 Å². The van der Waals surface area contributed by atoms with E-state index in [1.165, 1.54) is 6.33 Å². The Balaban J connectivity index is 2.61. The predicted octanol–water partition coefficient (Wildman–Crippen LogP) is -0.733. The summed E-state index contributed by atoms with van der Waals surface area (Å²) in [5, 5.41) is 0. The quantitative estimate of drug-likeness (QED) is 0.359. The third-order valence-corrected chi connectivity index (χ3v) is 0.782. The maximum absolute atomic E-state index is 4.94. The van der Waals surface area contributed by atoms with Gasteiger partial charge in [0.25, 0.3) is 0 Å². The van der Waals surface area contributed by atoms with E-state index in [4.69, 9.17) is 5.84 Å². The van der Waals surface area contributed by atoms with Gasteiger partial charge in [0, 0.05) is 12.3 Å². The number of nitrogens with zero attached hydrogens (tertiary/aromatic N) is 2. The zero-order chi connectivity index (χ0) is 6.53. The van der Waals surface area contributed by atoms with Crippen molar-refractivity contribution in [2.75, 3.05) is 5.43 Å². The highest BCUT2D eigenvalue weighted by atomic mass is 15.5. The molecule has 9 heavy (non-hydrogen) atoms. The molecule has 0 aliphatic heterocycles. The summed E-state index contributed by atoms with van der Waals surface area (Å²) >= 11 is 0. The van der Waals surface area contributed by atoms with Gasteiger partial charge in [-0.25, -0.2) is 9.97 Å². The molecule has 0 amide bonds. The highest BCUT2D eigenvalue weighted by Gasteiger charge is 1.83. The van der Waals surface area contributed by atoms with E-state index in [2.05, 4.69) is 20.9 Å². The summed E-state index contributed by atoms with van der Waals surface area (Å²) in [4.78, 5) is 7.51. The average Bonchev–Trinajstić information content (AvgIpc) is 1.91. The molecule has 1 aromatic heterocycles. The third-order valence-electron chi connectivity index (χ3n) is 0.782. The fraction of sp³-hybridized carbons (Fsp3) is 0. The van der Waals surface area contributed by atoms with Crippen molar-refractivity contribution >= 4 is 5.82 Å². The molecule has 0 radical (unpaired) electrons. The summed E-state index contributed by atoms with van der Waals surface area (Å²) in [6, 6.07) is 1.69. The molecule has 48 valence electrons. The summed E-state index contributed by atoms with van der Waals surface area (Å²) in [6.07, 6.45) is 3.05. The minimum atomic E-state index is 0.646. The van der Waals surface area contributed by atoms with Gasteiger partial charge in [-0.3, -0.25) is 11.3 Å². The van der Waals surface area contributed by atoms with Gasteiger partial charge in [-0.1, -0.05) is 0 Å². The average molecular weight is 125 g/mol. The molecule has 0 aromatic carbocycles. The lowest BCUT2D eigenvalue weighted by atomic mass is 10.6. The molecular formula is C4H7N5. The molecular weight excluding hydrogens is 118 g/mol. The zero-order valence-corrected chi connectivity index (χ0v) is 4.70. The second kappa shape index (κ2) is 2.95. The van der Waals surface area contributed by atoms with E-state index in [0.29, 0.717) is 5.82 Å². The lowest BCUT2D eigenvalue weighted by Gasteiger charge is -1.98. The van der Waals surface area contributed by atoms with E-state index in [9.17, 15) is 0 Å². The van der Waals surface area contributed by atoms with Crippen LogP contribution in [0.1, 0.15) is 0 Å². The normalized spacial score (nSPS) is 9.00. The molecule has 0 saturated heterocycles. The number of nitrogens with two attached hydrogens (primary N) is 1. The van der Waals surface area contributed by atoms with Gasteiger partial charge in [0.1, 0.15) is 12.1 Å². The van der Waals surface area contributed by atoms with Crippen LogP contribution in [0.25, 0.3) is 0 Å². The standard InChI is InChI=1S/C4H7N5/c5-9-8-4-1-2-6-3-7-4/h1-3,9H,5H2,(H,6,7,8). The van der Waals surface area contributed by atoms with Gasteiger partial charge in [0.15, 0.2) is 0 Å². The molecule has 0 saturated carbocycles. The molecule has 0 atom stereocenters. The minimum Gasteiger partial charge on any atom is -0.292 e. The number of anilines is 1. The number of hydrogen-bond donors (Lipinski definition) is 3. The Hall–Kier alpha value is -1.20. The van der Waals surface area contributed by atoms with Gasteiger partial charge in [-0.15, -0.1) is 0 Å². The summed E-state index contributed by atoms with van der Waals surface area (Å²) < 4.78 is 0. The van der Waals surface area contributed by atoms with Gasteiger partial charge in [-0.2, -0.15) is 5.53 Å². The van der Waals surface area contributed by atoms with E-state index in [-0.39, 0.29) is 0 Å². The summed E-state index contributed by atoms with van der Waals surface area (Å²) in [5.41, 5.74) is 4.83. The molecule has 1 rings (SSSR count).